The number of nitrogens with two attached hydrogens (primary N) is 1. The van der Waals surface area contributed by atoms with Crippen LogP contribution in [0.5, 0.6) is 5.75 Å². The Morgan fingerprint density at radius 2 is 2.07 bits per heavy atom. The predicted molar refractivity (Wildman–Crippen MR) is 50.4 cm³/mol. The minimum absolute atomic E-state index is 0.111. The molecule has 14 heavy (non-hydrogen) atoms. The van der Waals surface area contributed by atoms with E-state index in [1.807, 2.05) is 0 Å². The number of rotatable bonds is 3. The number of hydrogen-bond acceptors (Lipinski definition) is 2. The Morgan fingerprint density at radius 1 is 1.43 bits per heavy atom. The normalized spacial score (nSPS) is 10.6. The Morgan fingerprint density at radius 3 is 2.64 bits per heavy atom. The van der Waals surface area contributed by atoms with Gasteiger partial charge in [0.05, 0.1) is 5.02 Å². The van der Waals surface area contributed by atoms with Crippen molar-refractivity contribution in [2.24, 2.45) is 5.73 Å². The number of phenols is 1. The maximum atomic E-state index is 13.1. The molecule has 0 aliphatic heterocycles. The van der Waals surface area contributed by atoms with Crippen LogP contribution in [0.4, 0.5) is 8.78 Å². The number of phenolic OH excluding ortho intramolecular Hbond substituents is 1. The molecule has 0 unspecified atom stereocenters. The lowest BCUT2D eigenvalue weighted by atomic mass is 10.1. The first-order valence-corrected chi connectivity index (χ1v) is 4.51. The van der Waals surface area contributed by atoms with Gasteiger partial charge in [0.15, 0.2) is 11.6 Å². The number of halogens is 3. The average molecular weight is 222 g/mol. The first-order chi connectivity index (χ1) is 6.57. The van der Waals surface area contributed by atoms with E-state index in [9.17, 15) is 13.9 Å². The van der Waals surface area contributed by atoms with Gasteiger partial charge in [-0.15, -0.1) is 0 Å². The summed E-state index contributed by atoms with van der Waals surface area (Å²) in [6.45, 7) is 0.340. The minimum atomic E-state index is -1.06. The second-order valence-corrected chi connectivity index (χ2v) is 3.28. The van der Waals surface area contributed by atoms with Gasteiger partial charge in [-0.25, -0.2) is 8.78 Å². The van der Waals surface area contributed by atoms with Crippen LogP contribution < -0.4 is 5.73 Å². The minimum Gasteiger partial charge on any atom is -0.506 e. The number of hydrogen-bond donors (Lipinski definition) is 2. The molecule has 2 nitrogen and oxygen atoms in total. The molecule has 1 aromatic rings. The third kappa shape index (κ3) is 2.13. The summed E-state index contributed by atoms with van der Waals surface area (Å²) in [5, 5.41) is 9.17. The fourth-order valence-electron chi connectivity index (χ4n) is 1.14. The number of aromatic hydroxyl groups is 1. The largest absolute Gasteiger partial charge is 0.506 e. The first kappa shape index (κ1) is 11.2. The summed E-state index contributed by atoms with van der Waals surface area (Å²) >= 11 is 5.48. The van der Waals surface area contributed by atoms with Crippen molar-refractivity contribution >= 4 is 11.6 Å². The van der Waals surface area contributed by atoms with E-state index in [-0.39, 0.29) is 17.0 Å². The van der Waals surface area contributed by atoms with Gasteiger partial charge >= 0.3 is 0 Å². The molecule has 0 bridgehead atoms. The van der Waals surface area contributed by atoms with Crippen molar-refractivity contribution in [2.45, 2.75) is 12.8 Å². The summed E-state index contributed by atoms with van der Waals surface area (Å²) in [5.41, 5.74) is 5.11. The van der Waals surface area contributed by atoms with Crippen molar-refractivity contribution in [3.63, 3.8) is 0 Å². The molecule has 5 heteroatoms. The summed E-state index contributed by atoms with van der Waals surface area (Å²) in [6.07, 6.45) is 0.635. The van der Waals surface area contributed by atoms with Gasteiger partial charge in [-0.3, -0.25) is 0 Å². The van der Waals surface area contributed by atoms with Crippen LogP contribution >= 0.6 is 11.6 Å². The zero-order valence-electron chi connectivity index (χ0n) is 7.36. The molecule has 1 aromatic carbocycles. The third-order valence-electron chi connectivity index (χ3n) is 1.87. The summed E-state index contributed by atoms with van der Waals surface area (Å²) in [4.78, 5) is 0. The Kier molecular flexibility index (Phi) is 3.66. The van der Waals surface area contributed by atoms with Crippen LogP contribution in [0, 0.1) is 11.6 Å². The summed E-state index contributed by atoms with van der Waals surface area (Å²) < 4.78 is 26.0. The second kappa shape index (κ2) is 4.57. The Balaban J connectivity index is 3.11. The fourth-order valence-corrected chi connectivity index (χ4v) is 1.35. The molecule has 0 atom stereocenters. The molecule has 0 spiro atoms. The molecular weight excluding hydrogens is 212 g/mol. The quantitative estimate of drug-likeness (QED) is 0.769. The van der Waals surface area contributed by atoms with Crippen molar-refractivity contribution < 1.29 is 13.9 Å². The highest BCUT2D eigenvalue weighted by molar-refractivity contribution is 6.32. The highest BCUT2D eigenvalue weighted by Gasteiger charge is 2.16. The molecule has 1 rings (SSSR count). The molecule has 0 radical (unpaired) electrons. The van der Waals surface area contributed by atoms with Gasteiger partial charge in [-0.1, -0.05) is 11.6 Å². The van der Waals surface area contributed by atoms with Gasteiger partial charge in [0.1, 0.15) is 5.75 Å². The molecule has 3 N–H and O–H groups in total. The molecule has 0 amide bonds. The zero-order valence-corrected chi connectivity index (χ0v) is 8.11. The van der Waals surface area contributed by atoms with Crippen LogP contribution in [0.25, 0.3) is 0 Å². The summed E-state index contributed by atoms with van der Waals surface area (Å²) in [5.74, 6) is -2.51. The third-order valence-corrected chi connectivity index (χ3v) is 2.16. The van der Waals surface area contributed by atoms with E-state index in [2.05, 4.69) is 0 Å². The van der Waals surface area contributed by atoms with Crippen LogP contribution in [0.3, 0.4) is 0 Å². The molecule has 78 valence electrons. The molecule has 0 saturated heterocycles. The van der Waals surface area contributed by atoms with Crippen molar-refractivity contribution in [3.05, 3.63) is 28.3 Å². The van der Waals surface area contributed by atoms with Gasteiger partial charge < -0.3 is 10.8 Å². The van der Waals surface area contributed by atoms with E-state index in [1.54, 1.807) is 0 Å². The van der Waals surface area contributed by atoms with E-state index in [0.29, 0.717) is 13.0 Å². The van der Waals surface area contributed by atoms with E-state index in [0.717, 1.165) is 6.07 Å². The van der Waals surface area contributed by atoms with E-state index in [1.165, 1.54) is 0 Å². The van der Waals surface area contributed by atoms with Crippen LogP contribution in [0.2, 0.25) is 5.02 Å². The molecule has 0 aromatic heterocycles. The second-order valence-electron chi connectivity index (χ2n) is 2.87. The van der Waals surface area contributed by atoms with Crippen molar-refractivity contribution in [2.75, 3.05) is 6.54 Å². The van der Waals surface area contributed by atoms with E-state index in [4.69, 9.17) is 17.3 Å². The summed E-state index contributed by atoms with van der Waals surface area (Å²) in [6, 6.07) is 0.748. The monoisotopic (exact) mass is 221 g/mol. The van der Waals surface area contributed by atoms with Crippen LogP contribution in [-0.4, -0.2) is 11.7 Å². The maximum absolute atomic E-state index is 13.1. The van der Waals surface area contributed by atoms with Gasteiger partial charge in [-0.2, -0.15) is 0 Å². The van der Waals surface area contributed by atoms with Crippen LogP contribution in [-0.2, 0) is 6.42 Å². The van der Waals surface area contributed by atoms with Gasteiger partial charge in [0.25, 0.3) is 0 Å². The average Bonchev–Trinajstić information content (AvgIpc) is 2.15. The van der Waals surface area contributed by atoms with E-state index >= 15 is 0 Å². The van der Waals surface area contributed by atoms with E-state index < -0.39 is 17.4 Å². The molecule has 0 aliphatic carbocycles. The topological polar surface area (TPSA) is 46.2 Å². The lowest BCUT2D eigenvalue weighted by molar-refractivity contribution is 0.440. The molecule has 0 heterocycles. The standard InChI is InChI=1S/C9H10ClF2NO/c10-6-4-7(11)8(12)5(9(6)14)2-1-3-13/h4,14H,1-3,13H2. The lowest BCUT2D eigenvalue weighted by Crippen LogP contribution is -2.03. The van der Waals surface area contributed by atoms with Gasteiger partial charge in [0, 0.05) is 5.56 Å². The Hall–Kier alpha value is -0.870. The highest BCUT2D eigenvalue weighted by Crippen LogP contribution is 2.31. The van der Waals surface area contributed by atoms with Crippen LogP contribution in [0.15, 0.2) is 6.07 Å². The summed E-state index contributed by atoms with van der Waals surface area (Å²) in [7, 11) is 0. The lowest BCUT2D eigenvalue weighted by Gasteiger charge is -2.07. The Labute approximate surface area is 85.3 Å². The number of benzene rings is 1. The molecule has 0 saturated carbocycles. The smallest absolute Gasteiger partial charge is 0.165 e. The Bertz CT molecular complexity index is 318. The van der Waals surface area contributed by atoms with Gasteiger partial charge in [-0.05, 0) is 25.5 Å². The van der Waals surface area contributed by atoms with Crippen molar-refractivity contribution in [1.29, 1.82) is 0 Å². The maximum Gasteiger partial charge on any atom is 0.165 e. The molecular formula is C9H10ClF2NO. The first-order valence-electron chi connectivity index (χ1n) is 4.13. The van der Waals surface area contributed by atoms with Crippen LogP contribution in [0.1, 0.15) is 12.0 Å². The molecule has 0 aliphatic rings. The zero-order chi connectivity index (χ0) is 10.7. The highest BCUT2D eigenvalue weighted by atomic mass is 35.5. The van der Waals surface area contributed by atoms with Crippen molar-refractivity contribution in [3.8, 4) is 5.75 Å². The van der Waals surface area contributed by atoms with Crippen molar-refractivity contribution in [1.82, 2.24) is 0 Å². The SMILES string of the molecule is NCCCc1c(O)c(Cl)cc(F)c1F. The predicted octanol–water partition coefficient (Wildman–Crippen LogP) is 2.22. The van der Waals surface area contributed by atoms with Gasteiger partial charge in [0.2, 0.25) is 0 Å². The molecule has 0 fully saturated rings. The fraction of sp³-hybridized carbons (Fsp3) is 0.333.